The van der Waals surface area contributed by atoms with Crippen LogP contribution in [0.25, 0.3) is 0 Å². The topological polar surface area (TPSA) is 29.3 Å². The summed E-state index contributed by atoms with van der Waals surface area (Å²) in [6.07, 6.45) is 3.66. The van der Waals surface area contributed by atoms with Gasteiger partial charge in [-0.05, 0) is 49.4 Å². The largest absolute Gasteiger partial charge is 0.374 e. The van der Waals surface area contributed by atoms with Crippen molar-refractivity contribution in [1.82, 2.24) is 0 Å². The van der Waals surface area contributed by atoms with Crippen LogP contribution in [-0.2, 0) is 6.42 Å². The normalized spacial score (nSPS) is 15.2. The molecule has 2 rings (SSSR count). The maximum absolute atomic E-state index is 6.06. The van der Waals surface area contributed by atoms with Crippen LogP contribution in [0.4, 0.5) is 5.69 Å². The van der Waals surface area contributed by atoms with Crippen LogP contribution >= 0.6 is 11.6 Å². The highest BCUT2D eigenvalue weighted by atomic mass is 35.5. The van der Waals surface area contributed by atoms with Crippen molar-refractivity contribution in [3.8, 4) is 0 Å². The molecule has 0 spiro atoms. The highest BCUT2D eigenvalue weighted by Crippen LogP contribution is 2.32. The van der Waals surface area contributed by atoms with Gasteiger partial charge in [-0.15, -0.1) is 0 Å². The number of nitrogens with two attached hydrogens (primary N) is 1. The fraction of sp³-hybridized carbons (Fsp3) is 0.538. The molecule has 1 fully saturated rings. The molecule has 0 unspecified atom stereocenters. The molecule has 88 valence electrons. The van der Waals surface area contributed by atoms with Gasteiger partial charge < -0.3 is 10.6 Å². The van der Waals surface area contributed by atoms with Gasteiger partial charge in [0.2, 0.25) is 0 Å². The highest BCUT2D eigenvalue weighted by molar-refractivity contribution is 6.30. The van der Waals surface area contributed by atoms with E-state index in [0.29, 0.717) is 6.54 Å². The molecule has 1 aliphatic rings. The van der Waals surface area contributed by atoms with Gasteiger partial charge >= 0.3 is 0 Å². The first kappa shape index (κ1) is 11.7. The molecule has 0 radical (unpaired) electrons. The number of benzene rings is 1. The van der Waals surface area contributed by atoms with Crippen molar-refractivity contribution >= 4 is 17.3 Å². The highest BCUT2D eigenvalue weighted by Gasteiger charge is 2.23. The Morgan fingerprint density at radius 1 is 1.44 bits per heavy atom. The fourth-order valence-electron chi connectivity index (χ4n) is 2.05. The number of rotatable bonds is 5. The summed E-state index contributed by atoms with van der Waals surface area (Å²) >= 11 is 6.06. The average molecular weight is 239 g/mol. The second-order valence-corrected chi connectivity index (χ2v) is 5.07. The number of anilines is 1. The molecule has 1 aromatic rings. The first-order valence-corrected chi connectivity index (χ1v) is 6.28. The monoisotopic (exact) mass is 238 g/mol. The summed E-state index contributed by atoms with van der Waals surface area (Å²) in [5.74, 6) is 0.884. The van der Waals surface area contributed by atoms with Crippen molar-refractivity contribution in [2.75, 3.05) is 25.0 Å². The zero-order valence-electron chi connectivity index (χ0n) is 9.75. The van der Waals surface area contributed by atoms with Crippen molar-refractivity contribution in [1.29, 1.82) is 0 Å². The van der Waals surface area contributed by atoms with Crippen LogP contribution in [0.2, 0.25) is 5.02 Å². The van der Waals surface area contributed by atoms with Gasteiger partial charge in [0, 0.05) is 24.3 Å². The summed E-state index contributed by atoms with van der Waals surface area (Å²) in [7, 11) is 2.14. The minimum absolute atomic E-state index is 0.686. The van der Waals surface area contributed by atoms with Crippen LogP contribution in [0, 0.1) is 5.92 Å². The zero-order chi connectivity index (χ0) is 11.5. The lowest BCUT2D eigenvalue weighted by atomic mass is 10.1. The van der Waals surface area contributed by atoms with Gasteiger partial charge in [-0.25, -0.2) is 0 Å². The van der Waals surface area contributed by atoms with Crippen molar-refractivity contribution in [3.05, 3.63) is 28.8 Å². The maximum Gasteiger partial charge on any atom is 0.0426 e. The zero-order valence-corrected chi connectivity index (χ0v) is 10.5. The number of hydrogen-bond acceptors (Lipinski definition) is 2. The molecule has 1 aliphatic carbocycles. The Balaban J connectivity index is 2.17. The maximum atomic E-state index is 6.06. The van der Waals surface area contributed by atoms with Gasteiger partial charge in [-0.2, -0.15) is 0 Å². The molecule has 3 heteroatoms. The van der Waals surface area contributed by atoms with E-state index in [-0.39, 0.29) is 0 Å². The molecule has 1 aromatic carbocycles. The Kier molecular flexibility index (Phi) is 3.72. The fourth-order valence-corrected chi connectivity index (χ4v) is 2.21. The van der Waals surface area contributed by atoms with Gasteiger partial charge in [0.05, 0.1) is 0 Å². The first-order valence-electron chi connectivity index (χ1n) is 5.90. The smallest absolute Gasteiger partial charge is 0.0426 e. The van der Waals surface area contributed by atoms with E-state index in [4.69, 9.17) is 17.3 Å². The Labute approximate surface area is 102 Å². The lowest BCUT2D eigenvalue weighted by Gasteiger charge is -2.22. The summed E-state index contributed by atoms with van der Waals surface area (Å²) in [5.41, 5.74) is 8.17. The predicted octanol–water partition coefficient (Wildman–Crippen LogP) is 2.69. The van der Waals surface area contributed by atoms with Gasteiger partial charge in [0.15, 0.2) is 0 Å². The number of hydrogen-bond donors (Lipinski definition) is 1. The van der Waals surface area contributed by atoms with E-state index in [1.807, 2.05) is 6.07 Å². The van der Waals surface area contributed by atoms with Crippen LogP contribution in [0.1, 0.15) is 18.4 Å². The second-order valence-electron chi connectivity index (χ2n) is 4.64. The molecular formula is C13H19ClN2. The van der Waals surface area contributed by atoms with E-state index in [0.717, 1.165) is 23.9 Å². The van der Waals surface area contributed by atoms with E-state index in [2.05, 4.69) is 24.1 Å². The van der Waals surface area contributed by atoms with Crippen molar-refractivity contribution < 1.29 is 0 Å². The third kappa shape index (κ3) is 2.89. The number of nitrogens with zero attached hydrogens (tertiary/aromatic N) is 1. The SMILES string of the molecule is CN(CC1CC1)c1cc(Cl)ccc1CCN. The molecule has 0 amide bonds. The minimum atomic E-state index is 0.686. The van der Waals surface area contributed by atoms with E-state index >= 15 is 0 Å². The Morgan fingerprint density at radius 2 is 2.19 bits per heavy atom. The van der Waals surface area contributed by atoms with Gasteiger partial charge in [-0.1, -0.05) is 17.7 Å². The standard InChI is InChI=1S/C13H19ClN2/c1-16(9-10-2-3-10)13-8-12(14)5-4-11(13)6-7-15/h4-5,8,10H,2-3,6-7,9,15H2,1H3. The van der Waals surface area contributed by atoms with Crippen molar-refractivity contribution in [2.45, 2.75) is 19.3 Å². The molecule has 0 saturated heterocycles. The van der Waals surface area contributed by atoms with Crippen LogP contribution < -0.4 is 10.6 Å². The third-order valence-corrected chi connectivity index (χ3v) is 3.34. The van der Waals surface area contributed by atoms with Crippen LogP contribution in [0.15, 0.2) is 18.2 Å². The van der Waals surface area contributed by atoms with E-state index < -0.39 is 0 Å². The van der Waals surface area contributed by atoms with Gasteiger partial charge in [-0.3, -0.25) is 0 Å². The molecule has 16 heavy (non-hydrogen) atoms. The summed E-state index contributed by atoms with van der Waals surface area (Å²) < 4.78 is 0. The molecule has 2 N–H and O–H groups in total. The quantitative estimate of drug-likeness (QED) is 0.855. The van der Waals surface area contributed by atoms with Gasteiger partial charge in [0.25, 0.3) is 0 Å². The summed E-state index contributed by atoms with van der Waals surface area (Å²) in [6, 6.07) is 6.09. The molecule has 1 saturated carbocycles. The molecule has 0 aromatic heterocycles. The first-order chi connectivity index (χ1) is 7.70. The van der Waals surface area contributed by atoms with Gasteiger partial charge in [0.1, 0.15) is 0 Å². The van der Waals surface area contributed by atoms with Crippen LogP contribution in [0.5, 0.6) is 0 Å². The lowest BCUT2D eigenvalue weighted by Crippen LogP contribution is -2.22. The van der Waals surface area contributed by atoms with Crippen LogP contribution in [0.3, 0.4) is 0 Å². The average Bonchev–Trinajstić information content (AvgIpc) is 3.05. The summed E-state index contributed by atoms with van der Waals surface area (Å²) in [6.45, 7) is 1.82. The molecule has 0 bridgehead atoms. The van der Waals surface area contributed by atoms with E-state index in [1.54, 1.807) is 0 Å². The van der Waals surface area contributed by atoms with E-state index in [9.17, 15) is 0 Å². The van der Waals surface area contributed by atoms with Crippen molar-refractivity contribution in [2.24, 2.45) is 11.7 Å². The molecule has 0 atom stereocenters. The van der Waals surface area contributed by atoms with E-state index in [1.165, 1.54) is 24.1 Å². The van der Waals surface area contributed by atoms with Crippen molar-refractivity contribution in [3.63, 3.8) is 0 Å². The predicted molar refractivity (Wildman–Crippen MR) is 70.2 cm³/mol. The lowest BCUT2D eigenvalue weighted by molar-refractivity contribution is 0.781. The minimum Gasteiger partial charge on any atom is -0.374 e. The number of halogens is 1. The molecule has 2 nitrogen and oxygen atoms in total. The third-order valence-electron chi connectivity index (χ3n) is 3.10. The van der Waals surface area contributed by atoms with Crippen LogP contribution in [-0.4, -0.2) is 20.1 Å². The molecular weight excluding hydrogens is 220 g/mol. The molecule has 0 aliphatic heterocycles. The summed E-state index contributed by atoms with van der Waals surface area (Å²) in [5, 5.41) is 0.804. The Hall–Kier alpha value is -0.730. The second kappa shape index (κ2) is 5.07. The Morgan fingerprint density at radius 3 is 2.81 bits per heavy atom. The Bertz CT molecular complexity index is 361. The summed E-state index contributed by atoms with van der Waals surface area (Å²) in [4.78, 5) is 2.31. The molecule has 0 heterocycles.